The van der Waals surface area contributed by atoms with E-state index in [-0.39, 0.29) is 0 Å². The summed E-state index contributed by atoms with van der Waals surface area (Å²) in [5.74, 6) is 0.818. The van der Waals surface area contributed by atoms with E-state index in [0.29, 0.717) is 0 Å². The van der Waals surface area contributed by atoms with E-state index in [4.69, 9.17) is 0 Å². The molecule has 0 rings (SSSR count). The smallest absolute Gasteiger partial charge is 0.000737 e. The van der Waals surface area contributed by atoms with E-state index in [1.165, 1.54) is 32.5 Å². The monoisotopic (exact) mass is 186 g/mol. The maximum Gasteiger partial charge on any atom is 0.000737 e. The first-order valence-electron chi connectivity index (χ1n) is 5.61. The zero-order valence-electron chi connectivity index (χ0n) is 9.77. The molecule has 0 radical (unpaired) electrons. The Balaban J connectivity index is 3.53. The van der Waals surface area contributed by atoms with Gasteiger partial charge in [0.15, 0.2) is 0 Å². The van der Waals surface area contributed by atoms with Crippen molar-refractivity contribution in [1.82, 2.24) is 10.2 Å². The van der Waals surface area contributed by atoms with Gasteiger partial charge < -0.3 is 10.2 Å². The van der Waals surface area contributed by atoms with Gasteiger partial charge in [-0.1, -0.05) is 20.8 Å². The van der Waals surface area contributed by atoms with Gasteiger partial charge in [0.1, 0.15) is 0 Å². The Hall–Kier alpha value is -0.0800. The highest BCUT2D eigenvalue weighted by molar-refractivity contribution is 4.61. The average Bonchev–Trinajstić information content (AvgIpc) is 2.14. The predicted octanol–water partition coefficient (Wildman–Crippen LogP) is 1.96. The molecule has 2 nitrogen and oxygen atoms in total. The SMILES string of the molecule is CCCN(CC)CC(C)CCNC. The van der Waals surface area contributed by atoms with Gasteiger partial charge in [-0.2, -0.15) is 0 Å². The Bertz CT molecular complexity index is 104. The van der Waals surface area contributed by atoms with Crippen molar-refractivity contribution in [3.63, 3.8) is 0 Å². The normalized spacial score (nSPS) is 13.6. The highest BCUT2D eigenvalue weighted by atomic mass is 15.1. The van der Waals surface area contributed by atoms with Crippen molar-refractivity contribution >= 4 is 0 Å². The van der Waals surface area contributed by atoms with Crippen molar-refractivity contribution in [2.45, 2.75) is 33.6 Å². The average molecular weight is 186 g/mol. The Morgan fingerprint density at radius 1 is 1.31 bits per heavy atom. The van der Waals surface area contributed by atoms with Crippen LogP contribution in [0.2, 0.25) is 0 Å². The van der Waals surface area contributed by atoms with Gasteiger partial charge in [0.2, 0.25) is 0 Å². The Morgan fingerprint density at radius 3 is 2.46 bits per heavy atom. The van der Waals surface area contributed by atoms with Gasteiger partial charge in [0.25, 0.3) is 0 Å². The van der Waals surface area contributed by atoms with Crippen molar-refractivity contribution in [3.8, 4) is 0 Å². The van der Waals surface area contributed by atoms with Crippen LogP contribution in [0.25, 0.3) is 0 Å². The summed E-state index contributed by atoms with van der Waals surface area (Å²) < 4.78 is 0. The van der Waals surface area contributed by atoms with Gasteiger partial charge in [-0.15, -0.1) is 0 Å². The van der Waals surface area contributed by atoms with E-state index >= 15 is 0 Å². The maximum atomic E-state index is 3.20. The quantitative estimate of drug-likeness (QED) is 0.623. The van der Waals surface area contributed by atoms with Crippen LogP contribution in [-0.2, 0) is 0 Å². The molecule has 80 valence electrons. The van der Waals surface area contributed by atoms with Crippen LogP contribution >= 0.6 is 0 Å². The molecule has 1 unspecified atom stereocenters. The van der Waals surface area contributed by atoms with Crippen molar-refractivity contribution in [1.29, 1.82) is 0 Å². The first kappa shape index (κ1) is 12.9. The minimum atomic E-state index is 0.818. The second-order valence-corrected chi connectivity index (χ2v) is 3.89. The molecule has 0 aromatic heterocycles. The van der Waals surface area contributed by atoms with E-state index in [2.05, 4.69) is 31.0 Å². The van der Waals surface area contributed by atoms with Crippen LogP contribution in [0.5, 0.6) is 0 Å². The molecule has 0 saturated carbocycles. The summed E-state index contributed by atoms with van der Waals surface area (Å²) in [6.07, 6.45) is 2.56. The van der Waals surface area contributed by atoms with Gasteiger partial charge in [-0.05, 0) is 45.4 Å². The summed E-state index contributed by atoms with van der Waals surface area (Å²) in [4.78, 5) is 2.54. The van der Waals surface area contributed by atoms with Gasteiger partial charge in [-0.3, -0.25) is 0 Å². The van der Waals surface area contributed by atoms with E-state index in [1.54, 1.807) is 0 Å². The zero-order valence-corrected chi connectivity index (χ0v) is 9.77. The Morgan fingerprint density at radius 2 is 2.00 bits per heavy atom. The van der Waals surface area contributed by atoms with E-state index in [9.17, 15) is 0 Å². The third-order valence-electron chi connectivity index (χ3n) is 2.44. The topological polar surface area (TPSA) is 15.3 Å². The lowest BCUT2D eigenvalue weighted by atomic mass is 10.1. The molecule has 2 heteroatoms. The molecule has 0 aliphatic rings. The van der Waals surface area contributed by atoms with Crippen LogP contribution in [-0.4, -0.2) is 38.1 Å². The van der Waals surface area contributed by atoms with Gasteiger partial charge in [-0.25, -0.2) is 0 Å². The molecule has 0 heterocycles. The molecule has 0 bridgehead atoms. The minimum absolute atomic E-state index is 0.818. The fourth-order valence-electron chi connectivity index (χ4n) is 1.62. The maximum absolute atomic E-state index is 3.20. The second kappa shape index (κ2) is 8.52. The van der Waals surface area contributed by atoms with Crippen LogP contribution in [0.3, 0.4) is 0 Å². The van der Waals surface area contributed by atoms with Gasteiger partial charge >= 0.3 is 0 Å². The Labute approximate surface area is 83.7 Å². The number of hydrogen-bond donors (Lipinski definition) is 1. The lowest BCUT2D eigenvalue weighted by Gasteiger charge is -2.23. The summed E-state index contributed by atoms with van der Waals surface area (Å²) in [6, 6.07) is 0. The standard InChI is InChI=1S/C11H26N2/c1-5-9-13(6-2)10-11(3)7-8-12-4/h11-12H,5-10H2,1-4H3. The van der Waals surface area contributed by atoms with Gasteiger partial charge in [0, 0.05) is 6.54 Å². The van der Waals surface area contributed by atoms with Crippen LogP contribution in [0.1, 0.15) is 33.6 Å². The molecule has 0 aromatic rings. The van der Waals surface area contributed by atoms with Crippen molar-refractivity contribution in [3.05, 3.63) is 0 Å². The Kier molecular flexibility index (Phi) is 8.46. The highest BCUT2D eigenvalue weighted by Crippen LogP contribution is 2.04. The molecule has 1 atom stereocenters. The first-order chi connectivity index (χ1) is 6.24. The van der Waals surface area contributed by atoms with Crippen LogP contribution in [0.15, 0.2) is 0 Å². The second-order valence-electron chi connectivity index (χ2n) is 3.89. The molecule has 1 N–H and O–H groups in total. The summed E-state index contributed by atoms with van der Waals surface area (Å²) in [7, 11) is 2.02. The summed E-state index contributed by atoms with van der Waals surface area (Å²) >= 11 is 0. The number of nitrogens with one attached hydrogen (secondary N) is 1. The van der Waals surface area contributed by atoms with E-state index in [1.807, 2.05) is 7.05 Å². The molecule has 13 heavy (non-hydrogen) atoms. The summed E-state index contributed by atoms with van der Waals surface area (Å²) in [6.45, 7) is 11.7. The van der Waals surface area contributed by atoms with Crippen LogP contribution in [0, 0.1) is 5.92 Å². The van der Waals surface area contributed by atoms with Crippen LogP contribution < -0.4 is 5.32 Å². The molecular weight excluding hydrogens is 160 g/mol. The predicted molar refractivity (Wildman–Crippen MR) is 60.1 cm³/mol. The lowest BCUT2D eigenvalue weighted by molar-refractivity contribution is 0.243. The lowest BCUT2D eigenvalue weighted by Crippen LogP contribution is -2.30. The van der Waals surface area contributed by atoms with Crippen molar-refractivity contribution in [2.75, 3.05) is 33.2 Å². The summed E-state index contributed by atoms with van der Waals surface area (Å²) in [5.41, 5.74) is 0. The number of rotatable bonds is 8. The minimum Gasteiger partial charge on any atom is -0.320 e. The van der Waals surface area contributed by atoms with E-state index in [0.717, 1.165) is 12.5 Å². The van der Waals surface area contributed by atoms with Crippen molar-refractivity contribution in [2.24, 2.45) is 5.92 Å². The molecule has 0 aliphatic heterocycles. The van der Waals surface area contributed by atoms with Gasteiger partial charge in [0.05, 0.1) is 0 Å². The first-order valence-corrected chi connectivity index (χ1v) is 5.61. The molecule has 0 saturated heterocycles. The third kappa shape index (κ3) is 7.03. The highest BCUT2D eigenvalue weighted by Gasteiger charge is 2.06. The largest absolute Gasteiger partial charge is 0.320 e. The van der Waals surface area contributed by atoms with Crippen molar-refractivity contribution < 1.29 is 0 Å². The molecule has 0 amide bonds. The molecule has 0 aromatic carbocycles. The van der Waals surface area contributed by atoms with Crippen LogP contribution in [0.4, 0.5) is 0 Å². The molecule has 0 spiro atoms. The number of hydrogen-bond acceptors (Lipinski definition) is 2. The molecular formula is C11H26N2. The fraction of sp³-hybridized carbons (Fsp3) is 1.00. The summed E-state index contributed by atoms with van der Waals surface area (Å²) in [5, 5.41) is 3.20. The number of nitrogens with zero attached hydrogens (tertiary/aromatic N) is 1. The molecule has 0 aliphatic carbocycles. The van der Waals surface area contributed by atoms with E-state index < -0.39 is 0 Å². The zero-order chi connectivity index (χ0) is 10.1. The third-order valence-corrected chi connectivity index (χ3v) is 2.44. The molecule has 0 fully saturated rings. The fourth-order valence-corrected chi connectivity index (χ4v) is 1.62.